The molecule has 120 valence electrons. The Kier molecular flexibility index (Phi) is 6.06. The van der Waals surface area contributed by atoms with Crippen LogP contribution in [-0.4, -0.2) is 42.6 Å². The highest BCUT2D eigenvalue weighted by molar-refractivity contribution is 5.52. The Morgan fingerprint density at radius 3 is 2.81 bits per heavy atom. The number of nitrogens with one attached hydrogen (secondary N) is 1. The van der Waals surface area contributed by atoms with Gasteiger partial charge < -0.3 is 15.0 Å². The summed E-state index contributed by atoms with van der Waals surface area (Å²) in [5, 5.41) is 8.12. The Labute approximate surface area is 128 Å². The number of hydrogen-bond donors (Lipinski definition) is 1. The average Bonchev–Trinajstić information content (AvgIpc) is 3.25. The van der Waals surface area contributed by atoms with E-state index in [1.54, 1.807) is 7.11 Å². The predicted octanol–water partition coefficient (Wildman–Crippen LogP) is 2.23. The van der Waals surface area contributed by atoms with Crippen LogP contribution in [0.3, 0.4) is 0 Å². The molecule has 0 spiro atoms. The number of ether oxygens (including phenoxy) is 1. The Hall–Kier alpha value is -1.07. The molecule has 0 saturated heterocycles. The van der Waals surface area contributed by atoms with Crippen molar-refractivity contribution >= 4 is 5.82 Å². The monoisotopic (exact) mass is 294 g/mol. The van der Waals surface area contributed by atoms with E-state index >= 15 is 0 Å². The molecule has 1 aliphatic carbocycles. The van der Waals surface area contributed by atoms with Crippen LogP contribution in [0, 0.1) is 6.92 Å². The summed E-state index contributed by atoms with van der Waals surface area (Å²) in [5.74, 6) is 1.31. The Bertz CT molecular complexity index is 440. The Balaban J connectivity index is 2.11. The largest absolute Gasteiger partial charge is 0.383 e. The number of nitrogens with zero attached hydrogens (tertiary/aromatic N) is 3. The van der Waals surface area contributed by atoms with Gasteiger partial charge in [-0.3, -0.25) is 4.68 Å². The molecule has 21 heavy (non-hydrogen) atoms. The molecule has 0 radical (unpaired) electrons. The van der Waals surface area contributed by atoms with E-state index in [9.17, 15) is 0 Å². The maximum Gasteiger partial charge on any atom is 0.131 e. The second-order valence-electron chi connectivity index (χ2n) is 5.96. The second kappa shape index (κ2) is 7.80. The SMILES string of the molecule is CCCCN(c1c(CNCCOC)c(C)nn1C)C1CC1. The van der Waals surface area contributed by atoms with E-state index < -0.39 is 0 Å². The fourth-order valence-corrected chi connectivity index (χ4v) is 2.82. The van der Waals surface area contributed by atoms with Crippen molar-refractivity contribution < 1.29 is 4.74 Å². The fraction of sp³-hybridized carbons (Fsp3) is 0.812. The van der Waals surface area contributed by atoms with Crippen LogP contribution in [0.15, 0.2) is 0 Å². The molecule has 1 saturated carbocycles. The number of hydrogen-bond acceptors (Lipinski definition) is 4. The van der Waals surface area contributed by atoms with Crippen LogP contribution < -0.4 is 10.2 Å². The van der Waals surface area contributed by atoms with Gasteiger partial charge in [-0.05, 0) is 26.2 Å². The van der Waals surface area contributed by atoms with Gasteiger partial charge in [0, 0.05) is 45.4 Å². The van der Waals surface area contributed by atoms with Gasteiger partial charge in [-0.15, -0.1) is 0 Å². The number of aromatic nitrogens is 2. The molecule has 5 heteroatoms. The standard InChI is InChI=1S/C16H30N4O/c1-5-6-10-20(14-7-8-14)16-15(12-17-9-11-21-4)13(2)18-19(16)3/h14,17H,5-12H2,1-4H3. The lowest BCUT2D eigenvalue weighted by molar-refractivity contribution is 0.199. The Morgan fingerprint density at radius 2 is 2.19 bits per heavy atom. The zero-order valence-corrected chi connectivity index (χ0v) is 14.0. The van der Waals surface area contributed by atoms with Gasteiger partial charge in [-0.2, -0.15) is 5.10 Å². The lowest BCUT2D eigenvalue weighted by Gasteiger charge is -2.26. The zero-order chi connectivity index (χ0) is 15.2. The van der Waals surface area contributed by atoms with Gasteiger partial charge in [0.15, 0.2) is 0 Å². The molecule has 2 rings (SSSR count). The molecule has 1 aliphatic rings. The van der Waals surface area contributed by atoms with Crippen LogP contribution in [0.4, 0.5) is 5.82 Å². The number of aryl methyl sites for hydroxylation is 2. The summed E-state index contributed by atoms with van der Waals surface area (Å²) in [6.45, 7) is 8.01. The minimum atomic E-state index is 0.726. The number of rotatable bonds is 10. The molecular formula is C16H30N4O. The van der Waals surface area contributed by atoms with Crippen LogP contribution in [0.2, 0.25) is 0 Å². The first-order valence-electron chi connectivity index (χ1n) is 8.17. The topological polar surface area (TPSA) is 42.3 Å². The Morgan fingerprint density at radius 1 is 1.43 bits per heavy atom. The van der Waals surface area contributed by atoms with Crippen molar-refractivity contribution in [2.24, 2.45) is 7.05 Å². The van der Waals surface area contributed by atoms with E-state index in [2.05, 4.69) is 40.9 Å². The van der Waals surface area contributed by atoms with Gasteiger partial charge in [0.1, 0.15) is 5.82 Å². The second-order valence-corrected chi connectivity index (χ2v) is 5.96. The third-order valence-corrected chi connectivity index (χ3v) is 4.11. The van der Waals surface area contributed by atoms with Gasteiger partial charge >= 0.3 is 0 Å². The first-order chi connectivity index (χ1) is 10.2. The molecule has 0 aromatic carbocycles. The first-order valence-corrected chi connectivity index (χ1v) is 8.17. The normalized spacial score (nSPS) is 14.7. The molecule has 0 amide bonds. The molecule has 1 aromatic rings. The van der Waals surface area contributed by atoms with Crippen molar-refractivity contribution in [1.82, 2.24) is 15.1 Å². The fourth-order valence-electron chi connectivity index (χ4n) is 2.82. The van der Waals surface area contributed by atoms with Crippen LogP contribution in [0.1, 0.15) is 43.9 Å². The third kappa shape index (κ3) is 4.20. The lowest BCUT2D eigenvalue weighted by atomic mass is 10.2. The molecule has 0 unspecified atom stereocenters. The zero-order valence-electron chi connectivity index (χ0n) is 14.0. The highest BCUT2D eigenvalue weighted by Gasteiger charge is 2.32. The van der Waals surface area contributed by atoms with Crippen molar-refractivity contribution in [3.8, 4) is 0 Å². The summed E-state index contributed by atoms with van der Waals surface area (Å²) in [6, 6.07) is 0.726. The van der Waals surface area contributed by atoms with Gasteiger partial charge in [-0.25, -0.2) is 0 Å². The highest BCUT2D eigenvalue weighted by atomic mass is 16.5. The van der Waals surface area contributed by atoms with Crippen molar-refractivity contribution in [3.63, 3.8) is 0 Å². The van der Waals surface area contributed by atoms with Crippen LogP contribution in [0.5, 0.6) is 0 Å². The number of unbranched alkanes of at least 4 members (excludes halogenated alkanes) is 1. The summed E-state index contributed by atoms with van der Waals surface area (Å²) in [4.78, 5) is 2.58. The third-order valence-electron chi connectivity index (χ3n) is 4.11. The quantitative estimate of drug-likeness (QED) is 0.672. The van der Waals surface area contributed by atoms with E-state index in [1.165, 1.54) is 37.1 Å². The molecule has 1 fully saturated rings. The van der Waals surface area contributed by atoms with Crippen LogP contribution >= 0.6 is 0 Å². The van der Waals surface area contributed by atoms with Crippen molar-refractivity contribution in [3.05, 3.63) is 11.3 Å². The van der Waals surface area contributed by atoms with Crippen molar-refractivity contribution in [1.29, 1.82) is 0 Å². The van der Waals surface area contributed by atoms with E-state index in [0.29, 0.717) is 0 Å². The first kappa shape index (κ1) is 16.3. The molecule has 5 nitrogen and oxygen atoms in total. The molecule has 1 N–H and O–H groups in total. The van der Waals surface area contributed by atoms with E-state index in [1.807, 2.05) is 0 Å². The molecule has 0 bridgehead atoms. The summed E-state index contributed by atoms with van der Waals surface area (Å²) in [5.41, 5.74) is 2.48. The molecule has 1 heterocycles. The lowest BCUT2D eigenvalue weighted by Crippen LogP contribution is -2.30. The van der Waals surface area contributed by atoms with Gasteiger partial charge in [0.2, 0.25) is 0 Å². The smallest absolute Gasteiger partial charge is 0.131 e. The maximum absolute atomic E-state index is 5.10. The summed E-state index contributed by atoms with van der Waals surface area (Å²) in [7, 11) is 3.81. The minimum Gasteiger partial charge on any atom is -0.383 e. The van der Waals surface area contributed by atoms with E-state index in [4.69, 9.17) is 4.74 Å². The molecule has 1 aromatic heterocycles. The van der Waals surface area contributed by atoms with E-state index in [-0.39, 0.29) is 0 Å². The van der Waals surface area contributed by atoms with Gasteiger partial charge in [0.05, 0.1) is 12.3 Å². The number of anilines is 1. The molecule has 0 atom stereocenters. The molecular weight excluding hydrogens is 264 g/mol. The summed E-state index contributed by atoms with van der Waals surface area (Å²) >= 11 is 0. The summed E-state index contributed by atoms with van der Waals surface area (Å²) < 4.78 is 7.17. The maximum atomic E-state index is 5.10. The molecule has 0 aliphatic heterocycles. The predicted molar refractivity (Wildman–Crippen MR) is 86.8 cm³/mol. The van der Waals surface area contributed by atoms with Crippen molar-refractivity contribution in [2.75, 3.05) is 31.7 Å². The van der Waals surface area contributed by atoms with Gasteiger partial charge in [-0.1, -0.05) is 13.3 Å². The van der Waals surface area contributed by atoms with Crippen LogP contribution in [0.25, 0.3) is 0 Å². The van der Waals surface area contributed by atoms with E-state index in [0.717, 1.165) is 38.0 Å². The van der Waals surface area contributed by atoms with Crippen LogP contribution in [-0.2, 0) is 18.3 Å². The number of methoxy groups -OCH3 is 1. The average molecular weight is 294 g/mol. The summed E-state index contributed by atoms with van der Waals surface area (Å²) in [6.07, 6.45) is 5.13. The van der Waals surface area contributed by atoms with Crippen molar-refractivity contribution in [2.45, 2.75) is 52.1 Å². The highest BCUT2D eigenvalue weighted by Crippen LogP contribution is 2.34. The minimum absolute atomic E-state index is 0.726. The van der Waals surface area contributed by atoms with Gasteiger partial charge in [0.25, 0.3) is 0 Å².